The van der Waals surface area contributed by atoms with Gasteiger partial charge in [-0.25, -0.2) is 4.99 Å². The molecule has 4 rings (SSSR count). The van der Waals surface area contributed by atoms with E-state index in [0.717, 1.165) is 16.2 Å². The van der Waals surface area contributed by atoms with E-state index >= 15 is 0 Å². The van der Waals surface area contributed by atoms with Crippen molar-refractivity contribution in [1.29, 1.82) is 0 Å². The molecule has 0 saturated heterocycles. The number of hydrogen-bond donors (Lipinski definition) is 0. The molecule has 0 radical (unpaired) electrons. The maximum atomic E-state index is 12.4. The first-order chi connectivity index (χ1) is 11.7. The highest BCUT2D eigenvalue weighted by atomic mass is 32.2. The zero-order valence-corrected chi connectivity index (χ0v) is 13.7. The summed E-state index contributed by atoms with van der Waals surface area (Å²) in [5, 5.41) is 0.665. The highest BCUT2D eigenvalue weighted by molar-refractivity contribution is 8.13. The molecule has 24 heavy (non-hydrogen) atoms. The van der Waals surface area contributed by atoms with E-state index in [-0.39, 0.29) is 12.7 Å². The minimum atomic E-state index is -0.119. The van der Waals surface area contributed by atoms with E-state index in [1.54, 1.807) is 18.0 Å². The van der Waals surface area contributed by atoms with Crippen LogP contribution in [0.4, 0.5) is 0 Å². The lowest BCUT2D eigenvalue weighted by atomic mass is 10.1. The minimum absolute atomic E-state index is 0.119. The Labute approximate surface area is 143 Å². The second-order valence-corrected chi connectivity index (χ2v) is 6.36. The maximum absolute atomic E-state index is 12.4. The summed E-state index contributed by atoms with van der Waals surface area (Å²) in [5.74, 6) is 1.29. The highest BCUT2D eigenvalue weighted by Crippen LogP contribution is 2.34. The van der Waals surface area contributed by atoms with Crippen molar-refractivity contribution < 1.29 is 14.3 Å². The van der Waals surface area contributed by atoms with Crippen LogP contribution < -0.4 is 9.47 Å². The summed E-state index contributed by atoms with van der Waals surface area (Å²) < 4.78 is 10.7. The van der Waals surface area contributed by atoms with Crippen LogP contribution in [0.3, 0.4) is 0 Å². The average molecular weight is 338 g/mol. The third-order valence-corrected chi connectivity index (χ3v) is 4.73. The van der Waals surface area contributed by atoms with Gasteiger partial charge in [0.25, 0.3) is 5.91 Å². The van der Waals surface area contributed by atoms with Crippen LogP contribution >= 0.6 is 11.8 Å². The smallest absolute Gasteiger partial charge is 0.278 e. The van der Waals surface area contributed by atoms with Crippen LogP contribution in [-0.4, -0.2) is 29.8 Å². The lowest BCUT2D eigenvalue weighted by Crippen LogP contribution is -2.25. The fourth-order valence-corrected chi connectivity index (χ4v) is 3.29. The third kappa shape index (κ3) is 2.76. The minimum Gasteiger partial charge on any atom is -0.454 e. The van der Waals surface area contributed by atoms with E-state index in [9.17, 15) is 4.79 Å². The number of rotatable bonds is 2. The summed E-state index contributed by atoms with van der Waals surface area (Å²) in [5.41, 5.74) is 1.26. The molecule has 0 aromatic heterocycles. The molecule has 120 valence electrons. The molecule has 2 heterocycles. The number of carbonyl (C=O) groups excluding carboxylic acids is 1. The van der Waals surface area contributed by atoms with E-state index < -0.39 is 0 Å². The molecular formula is C18H14N2O3S. The number of likely N-dealkylation sites (N-methyl/N-ethyl adjacent to an activating group) is 1. The van der Waals surface area contributed by atoms with Crippen LogP contribution in [0.15, 0.2) is 64.1 Å². The van der Waals surface area contributed by atoms with Gasteiger partial charge in [0, 0.05) is 11.9 Å². The predicted octanol–water partition coefficient (Wildman–Crippen LogP) is 3.38. The van der Waals surface area contributed by atoms with E-state index in [4.69, 9.17) is 9.47 Å². The van der Waals surface area contributed by atoms with Crippen LogP contribution in [0, 0.1) is 0 Å². The number of benzene rings is 2. The van der Waals surface area contributed by atoms with E-state index in [2.05, 4.69) is 4.99 Å². The van der Waals surface area contributed by atoms with Gasteiger partial charge in [0.05, 0.1) is 0 Å². The second kappa shape index (κ2) is 6.05. The zero-order chi connectivity index (χ0) is 16.5. The SMILES string of the molecule is CN1C(=O)C(=Cc2ccc3c(c2)OCO3)N=C1Sc1ccccc1. The molecule has 0 spiro atoms. The Morgan fingerprint density at radius 3 is 2.75 bits per heavy atom. The Morgan fingerprint density at radius 1 is 1.12 bits per heavy atom. The Hall–Kier alpha value is -2.73. The van der Waals surface area contributed by atoms with Crippen molar-refractivity contribution >= 4 is 28.9 Å². The first kappa shape index (κ1) is 14.8. The molecule has 2 aliphatic heterocycles. The van der Waals surface area contributed by atoms with Crippen molar-refractivity contribution in [2.75, 3.05) is 13.8 Å². The first-order valence-electron chi connectivity index (χ1n) is 7.42. The molecule has 0 atom stereocenters. The van der Waals surface area contributed by atoms with Gasteiger partial charge in [-0.2, -0.15) is 0 Å². The molecule has 2 aliphatic rings. The van der Waals surface area contributed by atoms with Gasteiger partial charge in [-0.1, -0.05) is 36.0 Å². The molecular weight excluding hydrogens is 324 g/mol. The van der Waals surface area contributed by atoms with Crippen molar-refractivity contribution in [2.45, 2.75) is 4.90 Å². The lowest BCUT2D eigenvalue weighted by Gasteiger charge is -2.10. The number of amides is 1. The Kier molecular flexibility index (Phi) is 3.74. The highest BCUT2D eigenvalue weighted by Gasteiger charge is 2.27. The van der Waals surface area contributed by atoms with Crippen LogP contribution in [0.5, 0.6) is 11.5 Å². The van der Waals surface area contributed by atoms with E-state index in [0.29, 0.717) is 16.6 Å². The van der Waals surface area contributed by atoms with Gasteiger partial charge < -0.3 is 9.47 Å². The number of hydrogen-bond acceptors (Lipinski definition) is 5. The van der Waals surface area contributed by atoms with Gasteiger partial charge in [-0.05, 0) is 35.9 Å². The van der Waals surface area contributed by atoms with Crippen molar-refractivity contribution in [3.8, 4) is 11.5 Å². The Balaban J connectivity index is 1.61. The molecule has 1 amide bonds. The molecule has 6 heteroatoms. The Bertz CT molecular complexity index is 862. The normalized spacial score (nSPS) is 17.5. The zero-order valence-electron chi connectivity index (χ0n) is 12.9. The predicted molar refractivity (Wildman–Crippen MR) is 93.0 cm³/mol. The number of nitrogens with zero attached hydrogens (tertiary/aromatic N) is 2. The second-order valence-electron chi connectivity index (χ2n) is 5.32. The number of thioether (sulfide) groups is 1. The fourth-order valence-electron chi connectivity index (χ4n) is 2.42. The van der Waals surface area contributed by atoms with Crippen LogP contribution in [0.1, 0.15) is 5.56 Å². The van der Waals surface area contributed by atoms with Gasteiger partial charge in [-0.3, -0.25) is 9.69 Å². The number of aliphatic imine (C=N–C) groups is 1. The molecule has 2 aromatic carbocycles. The largest absolute Gasteiger partial charge is 0.454 e. The van der Waals surface area contributed by atoms with Crippen molar-refractivity contribution in [3.05, 3.63) is 59.8 Å². The van der Waals surface area contributed by atoms with Gasteiger partial charge in [0.2, 0.25) is 6.79 Å². The monoisotopic (exact) mass is 338 g/mol. The molecule has 0 fully saturated rings. The summed E-state index contributed by atoms with van der Waals surface area (Å²) >= 11 is 1.47. The Morgan fingerprint density at radius 2 is 1.92 bits per heavy atom. The summed E-state index contributed by atoms with van der Waals surface area (Å²) in [4.78, 5) is 19.5. The van der Waals surface area contributed by atoms with Gasteiger partial charge in [-0.15, -0.1) is 0 Å². The molecule has 0 aliphatic carbocycles. The van der Waals surface area contributed by atoms with Crippen LogP contribution in [0.25, 0.3) is 6.08 Å². The first-order valence-corrected chi connectivity index (χ1v) is 8.23. The van der Waals surface area contributed by atoms with Gasteiger partial charge in [0.1, 0.15) is 5.70 Å². The summed E-state index contributed by atoms with van der Waals surface area (Å²) in [6, 6.07) is 15.4. The topological polar surface area (TPSA) is 51.1 Å². The van der Waals surface area contributed by atoms with Gasteiger partial charge in [0.15, 0.2) is 16.7 Å². The standard InChI is InChI=1S/C18H14N2O3S/c1-20-17(21)14(19-18(20)24-13-5-3-2-4-6-13)9-12-7-8-15-16(10-12)23-11-22-15/h2-10H,11H2,1H3. The molecule has 0 N–H and O–H groups in total. The van der Waals surface area contributed by atoms with Crippen LogP contribution in [0.2, 0.25) is 0 Å². The molecule has 0 unspecified atom stereocenters. The van der Waals surface area contributed by atoms with Gasteiger partial charge >= 0.3 is 0 Å². The van der Waals surface area contributed by atoms with Crippen molar-refractivity contribution in [1.82, 2.24) is 4.90 Å². The molecule has 5 nitrogen and oxygen atoms in total. The number of carbonyl (C=O) groups is 1. The van der Waals surface area contributed by atoms with Crippen molar-refractivity contribution in [2.24, 2.45) is 4.99 Å². The summed E-state index contributed by atoms with van der Waals surface area (Å²) in [6.07, 6.45) is 1.76. The average Bonchev–Trinajstić information content (AvgIpc) is 3.16. The number of ether oxygens (including phenoxy) is 2. The molecule has 2 aromatic rings. The van der Waals surface area contributed by atoms with E-state index in [1.807, 2.05) is 48.5 Å². The fraction of sp³-hybridized carbons (Fsp3) is 0.111. The van der Waals surface area contributed by atoms with E-state index in [1.165, 1.54) is 11.8 Å². The third-order valence-electron chi connectivity index (χ3n) is 3.68. The lowest BCUT2D eigenvalue weighted by molar-refractivity contribution is -0.121. The molecule has 0 bridgehead atoms. The quantitative estimate of drug-likeness (QED) is 0.788. The summed E-state index contributed by atoms with van der Waals surface area (Å²) in [6.45, 7) is 0.229. The maximum Gasteiger partial charge on any atom is 0.278 e. The number of amidine groups is 1. The van der Waals surface area contributed by atoms with Crippen LogP contribution in [-0.2, 0) is 4.79 Å². The summed E-state index contributed by atoms with van der Waals surface area (Å²) in [7, 11) is 1.73. The molecule has 0 saturated carbocycles. The number of fused-ring (bicyclic) bond motifs is 1. The van der Waals surface area contributed by atoms with Crippen molar-refractivity contribution in [3.63, 3.8) is 0 Å².